The maximum absolute atomic E-state index is 13.1. The van der Waals surface area contributed by atoms with Gasteiger partial charge in [0.05, 0.1) is 5.92 Å². The molecule has 0 radical (unpaired) electrons. The van der Waals surface area contributed by atoms with E-state index in [1.807, 2.05) is 12.1 Å². The van der Waals surface area contributed by atoms with Crippen LogP contribution in [0.2, 0.25) is 0 Å². The number of likely N-dealkylation sites (tertiary alicyclic amines) is 1. The van der Waals surface area contributed by atoms with Gasteiger partial charge in [-0.3, -0.25) is 9.59 Å². The molecule has 3 aliphatic heterocycles. The molecule has 3 heterocycles. The zero-order valence-corrected chi connectivity index (χ0v) is 16.4. The minimum absolute atomic E-state index is 0.0762. The highest BCUT2D eigenvalue weighted by Crippen LogP contribution is 2.31. The predicted molar refractivity (Wildman–Crippen MR) is 108 cm³/mol. The molecule has 5 nitrogen and oxygen atoms in total. The first-order chi connectivity index (χ1) is 13.2. The fourth-order valence-electron chi connectivity index (χ4n) is 4.89. The van der Waals surface area contributed by atoms with E-state index in [4.69, 9.17) is 0 Å². The molecule has 3 fully saturated rings. The van der Waals surface area contributed by atoms with Gasteiger partial charge >= 0.3 is 0 Å². The summed E-state index contributed by atoms with van der Waals surface area (Å²) < 4.78 is 0. The van der Waals surface area contributed by atoms with Crippen LogP contribution in [0.1, 0.15) is 51.9 Å². The molecule has 146 valence electrons. The standard InChI is InChI=1S/C22H31N3O2/c1-2-18-7-3-4-14-24(18)22(27)17-15-21(26)25(16-17)20-10-8-19(9-11-20)23-12-5-6-13-23/h8-11,17-18H,2-7,12-16H2,1H3. The van der Waals surface area contributed by atoms with Crippen LogP contribution in [0.25, 0.3) is 0 Å². The molecule has 1 aromatic carbocycles. The third kappa shape index (κ3) is 3.69. The predicted octanol–water partition coefficient (Wildman–Crippen LogP) is 3.43. The van der Waals surface area contributed by atoms with E-state index in [2.05, 4.69) is 28.9 Å². The Morgan fingerprint density at radius 1 is 1.00 bits per heavy atom. The zero-order valence-electron chi connectivity index (χ0n) is 16.4. The molecule has 3 saturated heterocycles. The number of rotatable bonds is 4. The van der Waals surface area contributed by atoms with Crippen molar-refractivity contribution in [3.8, 4) is 0 Å². The van der Waals surface area contributed by atoms with E-state index in [9.17, 15) is 9.59 Å². The van der Waals surface area contributed by atoms with E-state index in [0.29, 0.717) is 19.0 Å². The molecular formula is C22H31N3O2. The van der Waals surface area contributed by atoms with E-state index in [0.717, 1.165) is 44.6 Å². The van der Waals surface area contributed by atoms with Gasteiger partial charge in [0.1, 0.15) is 0 Å². The molecule has 0 aliphatic carbocycles. The van der Waals surface area contributed by atoms with E-state index < -0.39 is 0 Å². The second kappa shape index (κ2) is 7.91. The monoisotopic (exact) mass is 369 g/mol. The molecule has 27 heavy (non-hydrogen) atoms. The molecule has 3 aliphatic rings. The second-order valence-corrected chi connectivity index (χ2v) is 8.21. The van der Waals surface area contributed by atoms with Crippen molar-refractivity contribution < 1.29 is 9.59 Å². The first-order valence-electron chi connectivity index (χ1n) is 10.6. The summed E-state index contributed by atoms with van der Waals surface area (Å²) in [5.74, 6) is 0.0707. The lowest BCUT2D eigenvalue weighted by Gasteiger charge is -2.36. The molecule has 0 aromatic heterocycles. The highest BCUT2D eigenvalue weighted by atomic mass is 16.2. The summed E-state index contributed by atoms with van der Waals surface area (Å²) in [7, 11) is 0. The van der Waals surface area contributed by atoms with Gasteiger partial charge in [-0.2, -0.15) is 0 Å². The van der Waals surface area contributed by atoms with Crippen LogP contribution in [-0.2, 0) is 9.59 Å². The van der Waals surface area contributed by atoms with Gasteiger partial charge in [-0.25, -0.2) is 0 Å². The molecule has 0 saturated carbocycles. The van der Waals surface area contributed by atoms with Crippen molar-refractivity contribution in [2.75, 3.05) is 36.0 Å². The summed E-state index contributed by atoms with van der Waals surface area (Å²) in [6.45, 7) is 5.77. The number of hydrogen-bond donors (Lipinski definition) is 0. The average molecular weight is 370 g/mol. The van der Waals surface area contributed by atoms with Crippen LogP contribution >= 0.6 is 0 Å². The molecule has 0 spiro atoms. The SMILES string of the molecule is CCC1CCCCN1C(=O)C1CC(=O)N(c2ccc(N3CCCC3)cc2)C1. The van der Waals surface area contributed by atoms with E-state index in [1.165, 1.54) is 24.9 Å². The van der Waals surface area contributed by atoms with Gasteiger partial charge in [-0.05, 0) is 62.8 Å². The van der Waals surface area contributed by atoms with Crippen LogP contribution in [-0.4, -0.2) is 48.9 Å². The second-order valence-electron chi connectivity index (χ2n) is 8.21. The van der Waals surface area contributed by atoms with Gasteiger partial charge < -0.3 is 14.7 Å². The zero-order chi connectivity index (χ0) is 18.8. The topological polar surface area (TPSA) is 43.9 Å². The summed E-state index contributed by atoms with van der Waals surface area (Å²) in [6.07, 6.45) is 7.26. The summed E-state index contributed by atoms with van der Waals surface area (Å²) in [6, 6.07) is 8.65. The molecule has 2 amide bonds. The highest BCUT2D eigenvalue weighted by Gasteiger charge is 2.39. The molecule has 2 atom stereocenters. The average Bonchev–Trinajstić information content (AvgIpc) is 3.37. The van der Waals surface area contributed by atoms with Crippen molar-refractivity contribution in [1.82, 2.24) is 4.90 Å². The first-order valence-corrected chi connectivity index (χ1v) is 10.6. The number of piperidine rings is 1. The normalized spacial score (nSPS) is 26.1. The van der Waals surface area contributed by atoms with Crippen molar-refractivity contribution in [2.24, 2.45) is 5.92 Å². The fourth-order valence-corrected chi connectivity index (χ4v) is 4.89. The largest absolute Gasteiger partial charge is 0.372 e. The Labute approximate surface area is 162 Å². The Bertz CT molecular complexity index is 681. The summed E-state index contributed by atoms with van der Waals surface area (Å²) in [5.41, 5.74) is 2.15. The van der Waals surface area contributed by atoms with Crippen molar-refractivity contribution in [2.45, 2.75) is 57.9 Å². The van der Waals surface area contributed by atoms with E-state index >= 15 is 0 Å². The summed E-state index contributed by atoms with van der Waals surface area (Å²) in [4.78, 5) is 31.9. The smallest absolute Gasteiger partial charge is 0.228 e. The van der Waals surface area contributed by atoms with Gasteiger partial charge in [0.2, 0.25) is 11.8 Å². The molecule has 0 bridgehead atoms. The van der Waals surface area contributed by atoms with Crippen LogP contribution in [0.5, 0.6) is 0 Å². The number of nitrogens with zero attached hydrogens (tertiary/aromatic N) is 3. The van der Waals surface area contributed by atoms with Gasteiger partial charge in [0, 0.05) is 50.0 Å². The summed E-state index contributed by atoms with van der Waals surface area (Å²) in [5, 5.41) is 0. The maximum Gasteiger partial charge on any atom is 0.228 e. The van der Waals surface area contributed by atoms with Crippen LogP contribution in [0.4, 0.5) is 11.4 Å². The molecular weight excluding hydrogens is 338 g/mol. The Kier molecular flexibility index (Phi) is 5.37. The summed E-state index contributed by atoms with van der Waals surface area (Å²) >= 11 is 0. The fraction of sp³-hybridized carbons (Fsp3) is 0.636. The minimum atomic E-state index is -0.192. The lowest BCUT2D eigenvalue weighted by Crippen LogP contribution is -2.46. The van der Waals surface area contributed by atoms with Crippen LogP contribution < -0.4 is 9.80 Å². The molecule has 5 heteroatoms. The lowest BCUT2D eigenvalue weighted by atomic mass is 9.97. The third-order valence-electron chi connectivity index (χ3n) is 6.49. The first kappa shape index (κ1) is 18.3. The van der Waals surface area contributed by atoms with Crippen molar-refractivity contribution in [1.29, 1.82) is 0 Å². The maximum atomic E-state index is 13.1. The quantitative estimate of drug-likeness (QED) is 0.817. The van der Waals surface area contributed by atoms with Gasteiger partial charge in [0.15, 0.2) is 0 Å². The van der Waals surface area contributed by atoms with E-state index in [1.54, 1.807) is 4.90 Å². The Balaban J connectivity index is 1.43. The number of amides is 2. The number of carbonyl (C=O) groups is 2. The van der Waals surface area contributed by atoms with Crippen molar-refractivity contribution >= 4 is 23.2 Å². The van der Waals surface area contributed by atoms with Crippen molar-refractivity contribution in [3.63, 3.8) is 0 Å². The minimum Gasteiger partial charge on any atom is -0.372 e. The van der Waals surface area contributed by atoms with Crippen LogP contribution in [0.3, 0.4) is 0 Å². The van der Waals surface area contributed by atoms with Gasteiger partial charge in [0.25, 0.3) is 0 Å². The highest BCUT2D eigenvalue weighted by molar-refractivity contribution is 6.00. The Morgan fingerprint density at radius 3 is 2.37 bits per heavy atom. The van der Waals surface area contributed by atoms with Crippen LogP contribution in [0, 0.1) is 5.92 Å². The van der Waals surface area contributed by atoms with Gasteiger partial charge in [-0.15, -0.1) is 0 Å². The number of carbonyl (C=O) groups excluding carboxylic acids is 2. The Hall–Kier alpha value is -2.04. The third-order valence-corrected chi connectivity index (χ3v) is 6.49. The molecule has 0 N–H and O–H groups in total. The number of benzene rings is 1. The van der Waals surface area contributed by atoms with Crippen LogP contribution in [0.15, 0.2) is 24.3 Å². The lowest BCUT2D eigenvalue weighted by molar-refractivity contribution is -0.139. The molecule has 2 unspecified atom stereocenters. The Morgan fingerprint density at radius 2 is 1.67 bits per heavy atom. The van der Waals surface area contributed by atoms with E-state index in [-0.39, 0.29) is 17.7 Å². The molecule has 1 aromatic rings. The molecule has 4 rings (SSSR count). The van der Waals surface area contributed by atoms with Crippen molar-refractivity contribution in [3.05, 3.63) is 24.3 Å². The number of hydrogen-bond acceptors (Lipinski definition) is 3. The van der Waals surface area contributed by atoms with Gasteiger partial charge in [-0.1, -0.05) is 6.92 Å². The number of anilines is 2.